The van der Waals surface area contributed by atoms with E-state index < -0.39 is 16.0 Å². The monoisotopic (exact) mass is 552 g/mol. The van der Waals surface area contributed by atoms with Gasteiger partial charge >= 0.3 is 10.1 Å². The number of imide groups is 1. The Balaban J connectivity index is 1.36. The lowest BCUT2D eigenvalue weighted by atomic mass is 10.2. The molecule has 1 heterocycles. The molecule has 11 heteroatoms. The number of rotatable bonds is 9. The summed E-state index contributed by atoms with van der Waals surface area (Å²) in [4.78, 5) is 37.5. The summed E-state index contributed by atoms with van der Waals surface area (Å²) in [5.74, 6) is 0.0471. The fourth-order valence-electron chi connectivity index (χ4n) is 3.44. The van der Waals surface area contributed by atoms with Gasteiger partial charge in [0, 0.05) is 12.6 Å². The van der Waals surface area contributed by atoms with Gasteiger partial charge in [-0.05, 0) is 78.9 Å². The van der Waals surface area contributed by atoms with Crippen molar-refractivity contribution in [3.8, 4) is 11.5 Å². The molecule has 196 valence electrons. The lowest BCUT2D eigenvalue weighted by molar-refractivity contribution is -0.123. The summed E-state index contributed by atoms with van der Waals surface area (Å²) in [5.41, 5.74) is 2.16. The van der Waals surface area contributed by atoms with Crippen LogP contribution in [0.15, 0.2) is 82.6 Å². The normalized spacial score (nSPS) is 14.6. The Kier molecular flexibility index (Phi) is 8.18. The van der Waals surface area contributed by atoms with Crippen LogP contribution in [0.2, 0.25) is 0 Å². The number of thioether (sulfide) groups is 1. The Labute approximate surface area is 224 Å². The van der Waals surface area contributed by atoms with Crippen molar-refractivity contribution in [2.24, 2.45) is 0 Å². The predicted octanol–water partition coefficient (Wildman–Crippen LogP) is 4.84. The van der Waals surface area contributed by atoms with Crippen molar-refractivity contribution in [1.82, 2.24) is 4.90 Å². The van der Waals surface area contributed by atoms with Crippen molar-refractivity contribution in [3.05, 3.63) is 88.8 Å². The number of hydrogen-bond donors (Lipinski definition) is 1. The molecule has 0 radical (unpaired) electrons. The van der Waals surface area contributed by atoms with Crippen LogP contribution in [-0.4, -0.2) is 43.5 Å². The smallest absolute Gasteiger partial charge is 0.339 e. The van der Waals surface area contributed by atoms with E-state index in [0.29, 0.717) is 17.0 Å². The summed E-state index contributed by atoms with van der Waals surface area (Å²) < 4.78 is 36.0. The topological polar surface area (TPSA) is 119 Å². The van der Waals surface area contributed by atoms with Crippen molar-refractivity contribution in [2.45, 2.75) is 18.7 Å². The van der Waals surface area contributed by atoms with Gasteiger partial charge in [-0.15, -0.1) is 0 Å². The third kappa shape index (κ3) is 6.81. The molecule has 0 unspecified atom stereocenters. The summed E-state index contributed by atoms with van der Waals surface area (Å²) in [6, 6.07) is 19.1. The summed E-state index contributed by atoms with van der Waals surface area (Å²) in [7, 11) is -4.10. The highest BCUT2D eigenvalue weighted by molar-refractivity contribution is 8.18. The number of nitrogens with zero attached hydrogens (tertiary/aromatic N) is 1. The van der Waals surface area contributed by atoms with E-state index in [1.807, 2.05) is 31.2 Å². The van der Waals surface area contributed by atoms with Crippen LogP contribution in [0.4, 0.5) is 10.5 Å². The first-order valence-electron chi connectivity index (χ1n) is 11.5. The average molecular weight is 553 g/mol. The van der Waals surface area contributed by atoms with Gasteiger partial charge in [0.1, 0.15) is 23.0 Å². The molecule has 0 bridgehead atoms. The largest absolute Gasteiger partial charge is 0.492 e. The number of benzene rings is 3. The van der Waals surface area contributed by atoms with Crippen LogP contribution in [0.25, 0.3) is 6.08 Å². The van der Waals surface area contributed by atoms with Gasteiger partial charge in [0.2, 0.25) is 5.91 Å². The van der Waals surface area contributed by atoms with Gasteiger partial charge in [-0.25, -0.2) is 0 Å². The van der Waals surface area contributed by atoms with E-state index >= 15 is 0 Å². The molecule has 0 saturated carbocycles. The molecule has 3 amide bonds. The van der Waals surface area contributed by atoms with Crippen molar-refractivity contribution >= 4 is 50.7 Å². The number of ether oxygens (including phenoxy) is 1. The molecule has 0 atom stereocenters. The van der Waals surface area contributed by atoms with E-state index in [4.69, 9.17) is 8.92 Å². The van der Waals surface area contributed by atoms with Crippen LogP contribution >= 0.6 is 11.8 Å². The highest BCUT2D eigenvalue weighted by atomic mass is 32.2. The van der Waals surface area contributed by atoms with Crippen molar-refractivity contribution in [2.75, 3.05) is 18.5 Å². The van der Waals surface area contributed by atoms with Gasteiger partial charge in [0.15, 0.2) is 0 Å². The molecule has 0 spiro atoms. The Hall–Kier alpha value is -4.09. The minimum atomic E-state index is -4.10. The van der Waals surface area contributed by atoms with E-state index in [1.165, 1.54) is 43.3 Å². The molecule has 1 aliphatic heterocycles. The SMILES string of the molecule is CC(=O)Nc1ccc(S(=O)(=O)Oc2ccc(/C=C3\SC(=O)N(CCOc4ccc(C)cc4)C3=O)cc2)cc1. The first-order valence-corrected chi connectivity index (χ1v) is 13.7. The second-order valence-electron chi connectivity index (χ2n) is 8.31. The van der Waals surface area contributed by atoms with Crippen molar-refractivity contribution in [1.29, 1.82) is 0 Å². The van der Waals surface area contributed by atoms with Gasteiger partial charge in [-0.3, -0.25) is 19.3 Å². The van der Waals surface area contributed by atoms with Crippen LogP contribution < -0.4 is 14.2 Å². The molecule has 1 saturated heterocycles. The predicted molar refractivity (Wildman–Crippen MR) is 144 cm³/mol. The number of carbonyl (C=O) groups is 3. The number of aryl methyl sites for hydroxylation is 1. The first kappa shape index (κ1) is 27.0. The molecular formula is C27H24N2O7S2. The molecule has 38 heavy (non-hydrogen) atoms. The van der Waals surface area contributed by atoms with Crippen LogP contribution in [0.5, 0.6) is 11.5 Å². The van der Waals surface area contributed by atoms with Gasteiger partial charge in [-0.2, -0.15) is 8.42 Å². The quantitative estimate of drug-likeness (QED) is 0.296. The molecule has 4 rings (SSSR count). The fraction of sp³-hybridized carbons (Fsp3) is 0.148. The van der Waals surface area contributed by atoms with Gasteiger partial charge in [0.25, 0.3) is 11.1 Å². The van der Waals surface area contributed by atoms with Gasteiger partial charge < -0.3 is 14.2 Å². The summed E-state index contributed by atoms with van der Waals surface area (Å²) in [6.07, 6.45) is 1.56. The van der Waals surface area contributed by atoms with Crippen molar-refractivity contribution in [3.63, 3.8) is 0 Å². The maximum atomic E-state index is 12.7. The third-order valence-corrected chi connectivity index (χ3v) is 7.49. The van der Waals surface area contributed by atoms with Crippen LogP contribution in [0.3, 0.4) is 0 Å². The minimum Gasteiger partial charge on any atom is -0.492 e. The summed E-state index contributed by atoms with van der Waals surface area (Å²) in [5, 5.41) is 2.17. The highest BCUT2D eigenvalue weighted by Crippen LogP contribution is 2.32. The zero-order chi connectivity index (χ0) is 27.3. The van der Waals surface area contributed by atoms with Crippen LogP contribution in [0.1, 0.15) is 18.1 Å². The fourth-order valence-corrected chi connectivity index (χ4v) is 5.23. The highest BCUT2D eigenvalue weighted by Gasteiger charge is 2.34. The minimum absolute atomic E-state index is 0.0734. The number of carbonyl (C=O) groups excluding carboxylic acids is 3. The zero-order valence-corrected chi connectivity index (χ0v) is 22.2. The van der Waals surface area contributed by atoms with E-state index in [0.717, 1.165) is 22.2 Å². The summed E-state index contributed by atoms with van der Waals surface area (Å²) in [6.45, 7) is 3.61. The number of amides is 3. The second-order valence-corrected chi connectivity index (χ2v) is 10.8. The Bertz CT molecular complexity index is 1480. The maximum Gasteiger partial charge on any atom is 0.339 e. The van der Waals surface area contributed by atoms with E-state index in [2.05, 4.69) is 5.32 Å². The van der Waals surface area contributed by atoms with Crippen LogP contribution in [0, 0.1) is 6.92 Å². The number of anilines is 1. The molecule has 1 fully saturated rings. The Morgan fingerprint density at radius 3 is 2.21 bits per heavy atom. The molecule has 9 nitrogen and oxygen atoms in total. The molecule has 1 N–H and O–H groups in total. The van der Waals surface area contributed by atoms with E-state index in [-0.39, 0.29) is 39.8 Å². The Morgan fingerprint density at radius 2 is 1.58 bits per heavy atom. The van der Waals surface area contributed by atoms with Gasteiger partial charge in [-0.1, -0.05) is 29.8 Å². The van der Waals surface area contributed by atoms with E-state index in [9.17, 15) is 22.8 Å². The average Bonchev–Trinajstić information content (AvgIpc) is 3.13. The first-order chi connectivity index (χ1) is 18.1. The maximum absolute atomic E-state index is 12.7. The molecular weight excluding hydrogens is 528 g/mol. The summed E-state index contributed by atoms with van der Waals surface area (Å²) >= 11 is 0.831. The third-order valence-electron chi connectivity index (χ3n) is 5.33. The van der Waals surface area contributed by atoms with E-state index in [1.54, 1.807) is 18.2 Å². The van der Waals surface area contributed by atoms with Crippen molar-refractivity contribution < 1.29 is 31.7 Å². The van der Waals surface area contributed by atoms with Gasteiger partial charge in [0.05, 0.1) is 11.4 Å². The lowest BCUT2D eigenvalue weighted by Crippen LogP contribution is -2.32. The second kappa shape index (κ2) is 11.5. The number of hydrogen-bond acceptors (Lipinski definition) is 8. The molecule has 0 aromatic heterocycles. The molecule has 1 aliphatic rings. The van der Waals surface area contributed by atoms with Crippen LogP contribution in [-0.2, 0) is 19.7 Å². The lowest BCUT2D eigenvalue weighted by Gasteiger charge is -2.13. The molecule has 3 aromatic rings. The number of nitrogens with one attached hydrogen (secondary N) is 1. The molecule has 3 aromatic carbocycles. The Morgan fingerprint density at radius 1 is 0.947 bits per heavy atom. The standard InChI is InChI=1S/C27H24N2O7S2/c1-18-3-9-22(10-4-18)35-16-15-29-26(31)25(37-27(29)32)17-20-5-11-23(12-6-20)36-38(33,34)24-13-7-21(8-14-24)28-19(2)30/h3-14,17H,15-16H2,1-2H3,(H,28,30)/b25-17-. The molecule has 0 aliphatic carbocycles. The zero-order valence-electron chi connectivity index (χ0n) is 20.5.